The lowest BCUT2D eigenvalue weighted by molar-refractivity contribution is -0.115. The molecule has 1 aliphatic heterocycles. The maximum Gasteiger partial charge on any atom is 0.291 e. The molecule has 0 saturated heterocycles. The summed E-state index contributed by atoms with van der Waals surface area (Å²) in [6, 6.07) is 15.4. The van der Waals surface area contributed by atoms with Crippen molar-refractivity contribution < 1.29 is 18.7 Å². The van der Waals surface area contributed by atoms with Crippen molar-refractivity contribution in [2.24, 2.45) is 0 Å². The average molecular weight is 395 g/mol. The molecule has 0 bridgehead atoms. The van der Waals surface area contributed by atoms with E-state index in [1.807, 2.05) is 6.07 Å². The molecule has 0 fully saturated rings. The van der Waals surface area contributed by atoms with Crippen molar-refractivity contribution in [3.63, 3.8) is 0 Å². The summed E-state index contributed by atoms with van der Waals surface area (Å²) in [4.78, 5) is 24.7. The summed E-state index contributed by atoms with van der Waals surface area (Å²) >= 11 is 5.97. The van der Waals surface area contributed by atoms with E-state index in [1.54, 1.807) is 60.9 Å². The van der Waals surface area contributed by atoms with Crippen molar-refractivity contribution in [2.75, 3.05) is 5.32 Å². The Balaban J connectivity index is 1.51. The molecule has 1 aromatic heterocycles. The van der Waals surface area contributed by atoms with E-state index >= 15 is 0 Å². The zero-order valence-electron chi connectivity index (χ0n) is 14.6. The Labute approximate surface area is 165 Å². The van der Waals surface area contributed by atoms with Crippen molar-refractivity contribution >= 4 is 35.2 Å². The summed E-state index contributed by atoms with van der Waals surface area (Å²) < 4.78 is 10.9. The lowest BCUT2D eigenvalue weighted by Gasteiger charge is -2.20. The average Bonchev–Trinajstić information content (AvgIpc) is 3.20. The van der Waals surface area contributed by atoms with Gasteiger partial charge in [-0.3, -0.25) is 9.59 Å². The topological polar surface area (TPSA) is 80.6 Å². The summed E-state index contributed by atoms with van der Waals surface area (Å²) in [6.07, 6.45) is 3.15. The SMILES string of the molecule is O=C1Nc2cc(C(=O)NCc3ccco3)ccc2O/C1=C\c1cccc(Cl)c1. The van der Waals surface area contributed by atoms with Crippen LogP contribution in [0, 0.1) is 0 Å². The molecule has 0 saturated carbocycles. The Morgan fingerprint density at radius 2 is 2.04 bits per heavy atom. The molecule has 0 atom stereocenters. The Morgan fingerprint density at radius 3 is 2.82 bits per heavy atom. The first kappa shape index (κ1) is 17.9. The molecular formula is C21H15ClN2O4. The molecular weight excluding hydrogens is 380 g/mol. The number of nitrogens with one attached hydrogen (secondary N) is 2. The second-order valence-corrected chi connectivity index (χ2v) is 6.53. The van der Waals surface area contributed by atoms with E-state index in [2.05, 4.69) is 10.6 Å². The van der Waals surface area contributed by atoms with Gasteiger partial charge in [-0.05, 0) is 54.1 Å². The fraction of sp³-hybridized carbons (Fsp3) is 0.0476. The molecule has 0 unspecified atom stereocenters. The molecule has 6 nitrogen and oxygen atoms in total. The first-order valence-corrected chi connectivity index (χ1v) is 8.87. The lowest BCUT2D eigenvalue weighted by Crippen LogP contribution is -2.25. The standard InChI is InChI=1S/C21H15ClN2O4/c22-15-4-1-3-13(9-15)10-19-21(26)24-17-11-14(6-7-18(17)28-19)20(25)23-12-16-5-2-8-27-16/h1-11H,12H2,(H,23,25)(H,24,26)/b19-10-. The molecule has 2 heterocycles. The van der Waals surface area contributed by atoms with E-state index in [0.717, 1.165) is 5.56 Å². The number of rotatable bonds is 4. The summed E-state index contributed by atoms with van der Waals surface area (Å²) in [5, 5.41) is 6.07. The summed E-state index contributed by atoms with van der Waals surface area (Å²) in [5.41, 5.74) is 1.57. The molecule has 140 valence electrons. The van der Waals surface area contributed by atoms with Crippen molar-refractivity contribution in [1.29, 1.82) is 0 Å². The Morgan fingerprint density at radius 1 is 1.14 bits per heavy atom. The molecule has 1 aliphatic rings. The fourth-order valence-corrected chi connectivity index (χ4v) is 2.93. The van der Waals surface area contributed by atoms with Gasteiger partial charge in [-0.1, -0.05) is 23.7 Å². The molecule has 28 heavy (non-hydrogen) atoms. The number of furan rings is 1. The van der Waals surface area contributed by atoms with Gasteiger partial charge in [0.05, 0.1) is 18.5 Å². The zero-order valence-corrected chi connectivity index (χ0v) is 15.3. The van der Waals surface area contributed by atoms with Crippen LogP contribution in [0.1, 0.15) is 21.7 Å². The second-order valence-electron chi connectivity index (χ2n) is 6.09. The van der Waals surface area contributed by atoms with Gasteiger partial charge in [-0.2, -0.15) is 0 Å². The van der Waals surface area contributed by atoms with Gasteiger partial charge in [0.25, 0.3) is 11.8 Å². The number of halogens is 1. The van der Waals surface area contributed by atoms with Crippen molar-refractivity contribution in [3.05, 3.63) is 88.5 Å². The smallest absolute Gasteiger partial charge is 0.291 e. The maximum atomic E-state index is 12.4. The first-order valence-electron chi connectivity index (χ1n) is 8.49. The number of amides is 2. The van der Waals surface area contributed by atoms with Gasteiger partial charge in [-0.25, -0.2) is 0 Å². The molecule has 0 radical (unpaired) electrons. The van der Waals surface area contributed by atoms with Crippen LogP contribution in [0.15, 0.2) is 71.0 Å². The minimum absolute atomic E-state index is 0.143. The van der Waals surface area contributed by atoms with Gasteiger partial charge >= 0.3 is 0 Å². The number of ether oxygens (including phenoxy) is 1. The van der Waals surface area contributed by atoms with E-state index in [4.69, 9.17) is 20.8 Å². The van der Waals surface area contributed by atoms with Crippen molar-refractivity contribution in [3.8, 4) is 5.75 Å². The Bertz CT molecular complexity index is 1070. The zero-order chi connectivity index (χ0) is 19.5. The van der Waals surface area contributed by atoms with Gasteiger partial charge in [0.15, 0.2) is 11.5 Å². The normalized spacial score (nSPS) is 14.2. The molecule has 3 aromatic rings. The molecule has 2 amide bonds. The van der Waals surface area contributed by atoms with E-state index in [0.29, 0.717) is 27.8 Å². The molecule has 0 spiro atoms. The van der Waals surface area contributed by atoms with Gasteiger partial charge in [0.2, 0.25) is 0 Å². The van der Waals surface area contributed by atoms with Gasteiger partial charge in [0.1, 0.15) is 5.76 Å². The number of benzene rings is 2. The highest BCUT2D eigenvalue weighted by atomic mass is 35.5. The van der Waals surface area contributed by atoms with E-state index < -0.39 is 5.91 Å². The molecule has 4 rings (SSSR count). The molecule has 2 N–H and O–H groups in total. The summed E-state index contributed by atoms with van der Waals surface area (Å²) in [5.74, 6) is 0.563. The van der Waals surface area contributed by atoms with Crippen LogP contribution in [0.5, 0.6) is 5.75 Å². The maximum absolute atomic E-state index is 12.4. The highest BCUT2D eigenvalue weighted by Gasteiger charge is 2.23. The Kier molecular flexibility index (Phi) is 4.87. The van der Waals surface area contributed by atoms with Crippen LogP contribution in [0.2, 0.25) is 5.02 Å². The van der Waals surface area contributed by atoms with Crippen LogP contribution in [0.3, 0.4) is 0 Å². The third-order valence-electron chi connectivity index (χ3n) is 4.08. The van der Waals surface area contributed by atoms with Gasteiger partial charge < -0.3 is 19.8 Å². The highest BCUT2D eigenvalue weighted by Crippen LogP contribution is 2.32. The monoisotopic (exact) mass is 394 g/mol. The molecule has 2 aromatic carbocycles. The number of anilines is 1. The minimum Gasteiger partial charge on any atom is -0.467 e. The summed E-state index contributed by atoms with van der Waals surface area (Å²) in [6.45, 7) is 0.276. The van der Waals surface area contributed by atoms with Crippen LogP contribution in [0.4, 0.5) is 5.69 Å². The highest BCUT2D eigenvalue weighted by molar-refractivity contribution is 6.30. The van der Waals surface area contributed by atoms with Crippen LogP contribution >= 0.6 is 11.6 Å². The van der Waals surface area contributed by atoms with E-state index in [-0.39, 0.29) is 18.2 Å². The van der Waals surface area contributed by atoms with Crippen LogP contribution in [0.25, 0.3) is 6.08 Å². The number of fused-ring (bicyclic) bond motifs is 1. The van der Waals surface area contributed by atoms with Crippen LogP contribution in [-0.4, -0.2) is 11.8 Å². The fourth-order valence-electron chi connectivity index (χ4n) is 2.73. The van der Waals surface area contributed by atoms with Crippen molar-refractivity contribution in [2.45, 2.75) is 6.54 Å². The number of carbonyl (C=O) groups excluding carboxylic acids is 2. The number of hydrogen-bond acceptors (Lipinski definition) is 4. The molecule has 7 heteroatoms. The van der Waals surface area contributed by atoms with E-state index in [9.17, 15) is 9.59 Å². The van der Waals surface area contributed by atoms with Crippen LogP contribution in [-0.2, 0) is 11.3 Å². The number of carbonyl (C=O) groups is 2. The quantitative estimate of drug-likeness (QED) is 0.649. The first-order chi connectivity index (χ1) is 13.6. The van der Waals surface area contributed by atoms with Crippen molar-refractivity contribution in [1.82, 2.24) is 5.32 Å². The van der Waals surface area contributed by atoms with Gasteiger partial charge in [-0.15, -0.1) is 0 Å². The second kappa shape index (κ2) is 7.62. The molecule has 0 aliphatic carbocycles. The third-order valence-corrected chi connectivity index (χ3v) is 4.32. The largest absolute Gasteiger partial charge is 0.467 e. The Hall–Kier alpha value is -3.51. The number of hydrogen-bond donors (Lipinski definition) is 2. The van der Waals surface area contributed by atoms with Gasteiger partial charge in [0, 0.05) is 10.6 Å². The van der Waals surface area contributed by atoms with E-state index in [1.165, 1.54) is 0 Å². The summed E-state index contributed by atoms with van der Waals surface area (Å²) in [7, 11) is 0. The predicted octanol–water partition coefficient (Wildman–Crippen LogP) is 4.24. The minimum atomic E-state index is -0.402. The predicted molar refractivity (Wildman–Crippen MR) is 105 cm³/mol. The van der Waals surface area contributed by atoms with Crippen LogP contribution < -0.4 is 15.4 Å². The third kappa shape index (κ3) is 3.92. The lowest BCUT2D eigenvalue weighted by atomic mass is 10.1.